The van der Waals surface area contributed by atoms with Gasteiger partial charge in [-0.05, 0) is 66.1 Å². The largest absolute Gasteiger partial charge is 0.416 e. The molecule has 0 radical (unpaired) electrons. The Balaban J connectivity index is 1.37. The number of aliphatic imine (C=N–C) groups is 1. The van der Waals surface area contributed by atoms with Crippen molar-refractivity contribution in [1.82, 2.24) is 14.7 Å². The zero-order chi connectivity index (χ0) is 27.2. The number of fused-ring (bicyclic) bond motifs is 1. The molecule has 2 aliphatic heterocycles. The van der Waals surface area contributed by atoms with Crippen molar-refractivity contribution < 1.29 is 36.2 Å². The lowest BCUT2D eigenvalue weighted by molar-refractivity contribution is -0.143. The van der Waals surface area contributed by atoms with Crippen LogP contribution in [-0.2, 0) is 23.7 Å². The van der Waals surface area contributed by atoms with Crippen LogP contribution >= 0.6 is 11.8 Å². The van der Waals surface area contributed by atoms with Crippen molar-refractivity contribution in [3.05, 3.63) is 69.8 Å². The summed E-state index contributed by atoms with van der Waals surface area (Å²) < 4.78 is 80.9. The number of amides is 1. The SMILES string of the molecule is O=C1N=C(N2CCC(O)CC2)SC1=Cc1ccc2c(cnn2Cc2ccc(C(F)(F)F)cc2C(F)(F)F)c1. The van der Waals surface area contributed by atoms with Gasteiger partial charge >= 0.3 is 12.4 Å². The number of likely N-dealkylation sites (tertiary alicyclic amines) is 1. The molecule has 1 fully saturated rings. The molecule has 1 aromatic heterocycles. The van der Waals surface area contributed by atoms with Crippen molar-refractivity contribution in [2.75, 3.05) is 13.1 Å². The molecule has 6 nitrogen and oxygen atoms in total. The lowest BCUT2D eigenvalue weighted by Crippen LogP contribution is -2.38. The van der Waals surface area contributed by atoms with Crippen LogP contribution in [-0.4, -0.2) is 50.1 Å². The number of hydrogen-bond acceptors (Lipinski definition) is 5. The highest BCUT2D eigenvalue weighted by atomic mass is 32.2. The van der Waals surface area contributed by atoms with Gasteiger partial charge in [0.2, 0.25) is 0 Å². The van der Waals surface area contributed by atoms with Crippen molar-refractivity contribution in [3.63, 3.8) is 0 Å². The van der Waals surface area contributed by atoms with Crippen LogP contribution in [0.3, 0.4) is 0 Å². The molecular formula is C25H20F6N4O2S. The molecule has 5 rings (SSSR count). The van der Waals surface area contributed by atoms with Crippen molar-refractivity contribution in [1.29, 1.82) is 0 Å². The molecule has 38 heavy (non-hydrogen) atoms. The van der Waals surface area contributed by atoms with Gasteiger partial charge in [0.25, 0.3) is 5.91 Å². The number of alkyl halides is 6. The average Bonchev–Trinajstić information content (AvgIpc) is 3.41. The Labute approximate surface area is 216 Å². The van der Waals surface area contributed by atoms with Crippen LogP contribution in [0.5, 0.6) is 0 Å². The van der Waals surface area contributed by atoms with E-state index in [0.29, 0.717) is 58.5 Å². The second-order valence-corrected chi connectivity index (χ2v) is 10.0. The topological polar surface area (TPSA) is 70.7 Å². The van der Waals surface area contributed by atoms with E-state index in [-0.39, 0.29) is 30.2 Å². The number of carbonyl (C=O) groups excluding carboxylic acids is 1. The summed E-state index contributed by atoms with van der Waals surface area (Å²) in [5.74, 6) is -0.381. The third-order valence-corrected chi connectivity index (χ3v) is 7.42. The van der Waals surface area contributed by atoms with E-state index in [2.05, 4.69) is 10.1 Å². The fourth-order valence-electron chi connectivity index (χ4n) is 4.38. The first-order valence-electron chi connectivity index (χ1n) is 11.6. The van der Waals surface area contributed by atoms with Crippen molar-refractivity contribution in [3.8, 4) is 0 Å². The van der Waals surface area contributed by atoms with Crippen LogP contribution in [0.2, 0.25) is 0 Å². The summed E-state index contributed by atoms with van der Waals surface area (Å²) in [5, 5.41) is 15.0. The van der Waals surface area contributed by atoms with E-state index in [1.54, 1.807) is 24.3 Å². The van der Waals surface area contributed by atoms with Crippen LogP contribution < -0.4 is 0 Å². The molecule has 1 N–H and O–H groups in total. The van der Waals surface area contributed by atoms with Crippen molar-refractivity contribution in [2.24, 2.45) is 4.99 Å². The summed E-state index contributed by atoms with van der Waals surface area (Å²) in [6.07, 6.45) is -5.91. The number of piperidine rings is 1. The number of nitrogens with zero attached hydrogens (tertiary/aromatic N) is 4. The van der Waals surface area contributed by atoms with E-state index >= 15 is 0 Å². The maximum atomic E-state index is 13.5. The van der Waals surface area contributed by atoms with E-state index in [0.717, 1.165) is 6.07 Å². The van der Waals surface area contributed by atoms with Crippen LogP contribution in [0.25, 0.3) is 17.0 Å². The third-order valence-electron chi connectivity index (χ3n) is 6.37. The van der Waals surface area contributed by atoms with Gasteiger partial charge in [-0.2, -0.15) is 36.4 Å². The van der Waals surface area contributed by atoms with Gasteiger partial charge in [0, 0.05) is 18.5 Å². The molecule has 1 saturated heterocycles. The molecule has 0 bridgehead atoms. The molecule has 1 amide bonds. The van der Waals surface area contributed by atoms with Gasteiger partial charge in [-0.1, -0.05) is 12.1 Å². The lowest BCUT2D eigenvalue weighted by Gasteiger charge is -2.30. The van der Waals surface area contributed by atoms with Crippen molar-refractivity contribution in [2.45, 2.75) is 37.8 Å². The van der Waals surface area contributed by atoms with Crippen LogP contribution in [0.1, 0.15) is 35.1 Å². The quantitative estimate of drug-likeness (QED) is 0.340. The van der Waals surface area contributed by atoms with Crippen molar-refractivity contribution >= 4 is 39.8 Å². The molecule has 0 spiro atoms. The highest BCUT2D eigenvalue weighted by molar-refractivity contribution is 8.18. The summed E-state index contributed by atoms with van der Waals surface area (Å²) in [5.41, 5.74) is -1.95. The zero-order valence-electron chi connectivity index (χ0n) is 19.6. The first-order valence-corrected chi connectivity index (χ1v) is 12.4. The van der Waals surface area contributed by atoms with Gasteiger partial charge in [0.05, 0.1) is 40.4 Å². The summed E-state index contributed by atoms with van der Waals surface area (Å²) in [7, 11) is 0. The van der Waals surface area contributed by atoms with Gasteiger partial charge in [-0.3, -0.25) is 9.48 Å². The number of thioether (sulfide) groups is 1. The van der Waals surface area contributed by atoms with Crippen LogP contribution in [0, 0.1) is 0 Å². The number of hydrogen-bond donors (Lipinski definition) is 1. The fraction of sp³-hybridized carbons (Fsp3) is 0.320. The first kappa shape index (κ1) is 26.3. The molecule has 3 aromatic rings. The molecule has 0 atom stereocenters. The second-order valence-electron chi connectivity index (χ2n) is 9.02. The van der Waals surface area contributed by atoms with Crippen LogP contribution in [0.4, 0.5) is 26.3 Å². The first-order chi connectivity index (χ1) is 17.9. The van der Waals surface area contributed by atoms with E-state index < -0.39 is 23.5 Å². The number of amidine groups is 1. The number of benzene rings is 2. The molecule has 13 heteroatoms. The Bertz CT molecular complexity index is 1450. The Hall–Kier alpha value is -3.32. The number of rotatable bonds is 3. The predicted molar refractivity (Wildman–Crippen MR) is 130 cm³/mol. The zero-order valence-corrected chi connectivity index (χ0v) is 20.4. The minimum Gasteiger partial charge on any atom is -0.393 e. The summed E-state index contributed by atoms with van der Waals surface area (Å²) in [6, 6.07) is 6.58. The Kier molecular flexibility index (Phi) is 6.76. The highest BCUT2D eigenvalue weighted by Gasteiger charge is 2.38. The average molecular weight is 555 g/mol. The molecule has 3 heterocycles. The number of aliphatic hydroxyl groups is 1. The smallest absolute Gasteiger partial charge is 0.393 e. The minimum absolute atomic E-state index is 0.115. The maximum absolute atomic E-state index is 13.5. The van der Waals surface area contributed by atoms with Gasteiger partial charge < -0.3 is 10.0 Å². The molecule has 200 valence electrons. The van der Waals surface area contributed by atoms with E-state index in [1.807, 2.05) is 4.90 Å². The van der Waals surface area contributed by atoms with Gasteiger partial charge in [0.15, 0.2) is 5.17 Å². The molecule has 0 unspecified atom stereocenters. The standard InChI is InChI=1S/C25H20F6N4O2S/c26-24(27,28)17-3-2-15(19(11-17)25(29,30)31)13-35-20-4-1-14(9-16(20)12-32-35)10-21-22(37)33-23(38-21)34-7-5-18(36)6-8-34/h1-4,9-12,18,36H,5-8,13H2. The second kappa shape index (κ2) is 9.77. The maximum Gasteiger partial charge on any atom is 0.416 e. The monoisotopic (exact) mass is 554 g/mol. The number of aliphatic hydroxyl groups excluding tert-OH is 1. The van der Waals surface area contributed by atoms with Gasteiger partial charge in [-0.15, -0.1) is 0 Å². The van der Waals surface area contributed by atoms with Gasteiger partial charge in [0.1, 0.15) is 0 Å². The summed E-state index contributed by atoms with van der Waals surface area (Å²) >= 11 is 1.24. The minimum atomic E-state index is -4.97. The summed E-state index contributed by atoms with van der Waals surface area (Å²) in [6.45, 7) is 0.828. The third kappa shape index (κ3) is 5.44. The lowest BCUT2D eigenvalue weighted by atomic mass is 10.0. The number of halogens is 6. The Morgan fingerprint density at radius 3 is 2.45 bits per heavy atom. The highest BCUT2D eigenvalue weighted by Crippen LogP contribution is 2.38. The fourth-order valence-corrected chi connectivity index (χ4v) is 5.34. The van der Waals surface area contributed by atoms with Crippen LogP contribution in [0.15, 0.2) is 52.5 Å². The van der Waals surface area contributed by atoms with Gasteiger partial charge in [-0.25, -0.2) is 0 Å². The molecule has 0 aliphatic carbocycles. The molecule has 2 aromatic carbocycles. The number of aromatic nitrogens is 2. The Morgan fingerprint density at radius 1 is 1.03 bits per heavy atom. The molecule has 2 aliphatic rings. The summed E-state index contributed by atoms with van der Waals surface area (Å²) in [4.78, 5) is 18.9. The normalized spacial score (nSPS) is 18.6. The number of carbonyl (C=O) groups is 1. The molecular weight excluding hydrogens is 534 g/mol. The Morgan fingerprint density at radius 2 is 1.76 bits per heavy atom. The van der Waals surface area contributed by atoms with E-state index in [1.165, 1.54) is 22.6 Å². The van der Waals surface area contributed by atoms with E-state index in [9.17, 15) is 36.2 Å². The predicted octanol–water partition coefficient (Wildman–Crippen LogP) is 5.55. The van der Waals surface area contributed by atoms with E-state index in [4.69, 9.17) is 0 Å². The molecule has 0 saturated carbocycles.